The maximum Gasteiger partial charge on any atom is 0.222 e. The van der Waals surface area contributed by atoms with E-state index in [1.807, 2.05) is 41.5 Å². The second-order valence-electron chi connectivity index (χ2n) is 7.02. The van der Waals surface area contributed by atoms with Crippen LogP contribution in [0, 0.1) is 25.9 Å². The summed E-state index contributed by atoms with van der Waals surface area (Å²) in [5.41, 5.74) is -3.10. The van der Waals surface area contributed by atoms with Gasteiger partial charge in [-0.3, -0.25) is 10.1 Å². The highest BCUT2D eigenvalue weighted by Gasteiger charge is 2.65. The van der Waals surface area contributed by atoms with Crippen LogP contribution in [0.2, 0.25) is 0 Å². The average Bonchev–Trinajstić information content (AvgIpc) is 2.47. The van der Waals surface area contributed by atoms with Crippen LogP contribution < -0.4 is 0 Å². The van der Waals surface area contributed by atoms with Crippen molar-refractivity contribution in [2.45, 2.75) is 92.2 Å². The van der Waals surface area contributed by atoms with Crippen LogP contribution in [0.4, 0.5) is 0 Å². The normalized spacial score (nSPS) is 18.7. The fourth-order valence-corrected chi connectivity index (χ4v) is 4.19. The molecule has 0 heterocycles. The number of hydrogen-bond donors (Lipinski definition) is 0. The van der Waals surface area contributed by atoms with Crippen molar-refractivity contribution in [1.82, 2.24) is 0 Å². The van der Waals surface area contributed by atoms with Gasteiger partial charge in [-0.2, -0.15) is 4.91 Å². The summed E-state index contributed by atoms with van der Waals surface area (Å²) in [6, 6.07) is 0. The molecule has 0 aromatic heterocycles. The lowest BCUT2D eigenvalue weighted by molar-refractivity contribution is -0.589. The number of nitrogens with zero attached hydrogens (tertiary/aromatic N) is 2. The molecule has 0 fully saturated rings. The predicted molar refractivity (Wildman–Crippen MR) is 87.0 cm³/mol. The van der Waals surface area contributed by atoms with E-state index in [4.69, 9.17) is 0 Å². The van der Waals surface area contributed by atoms with Gasteiger partial charge in [-0.05, 0) is 25.7 Å². The Morgan fingerprint density at radius 3 is 1.43 bits per heavy atom. The highest BCUT2D eigenvalue weighted by molar-refractivity contribution is 5.12. The molecule has 0 aliphatic carbocycles. The van der Waals surface area contributed by atoms with Crippen LogP contribution in [0.3, 0.4) is 0 Å². The molecule has 0 aromatic carbocycles. The van der Waals surface area contributed by atoms with E-state index in [0.29, 0.717) is 25.7 Å². The first-order valence-electron chi connectivity index (χ1n) is 7.99. The minimum Gasteiger partial charge on any atom is -0.264 e. The van der Waals surface area contributed by atoms with Crippen molar-refractivity contribution < 1.29 is 4.92 Å². The smallest absolute Gasteiger partial charge is 0.222 e. The van der Waals surface area contributed by atoms with E-state index < -0.39 is 21.9 Å². The molecule has 5 heteroatoms. The highest BCUT2D eigenvalue weighted by atomic mass is 16.6. The Kier molecular flexibility index (Phi) is 6.10. The standard InChI is InChI=1S/C16H32N2O3/c1-9-14(7,13(5,6)18(20)21)15(8,10-2)16(11-3,12-4)17-19/h9-12H2,1-8H3. The summed E-state index contributed by atoms with van der Waals surface area (Å²) in [4.78, 5) is 23.2. The summed E-state index contributed by atoms with van der Waals surface area (Å²) in [5, 5.41) is 15.2. The monoisotopic (exact) mass is 300 g/mol. The Morgan fingerprint density at radius 1 is 0.857 bits per heavy atom. The molecule has 0 spiro atoms. The second-order valence-corrected chi connectivity index (χ2v) is 7.02. The van der Waals surface area contributed by atoms with Gasteiger partial charge in [-0.1, -0.05) is 46.7 Å². The molecule has 0 amide bonds. The van der Waals surface area contributed by atoms with Crippen LogP contribution >= 0.6 is 0 Å². The van der Waals surface area contributed by atoms with Crippen LogP contribution in [-0.4, -0.2) is 16.0 Å². The molecule has 124 valence electrons. The Balaban J connectivity index is 6.45. The van der Waals surface area contributed by atoms with Gasteiger partial charge in [0.1, 0.15) is 5.54 Å². The molecule has 0 rings (SSSR count). The van der Waals surface area contributed by atoms with Gasteiger partial charge >= 0.3 is 0 Å². The minimum absolute atomic E-state index is 0.203. The van der Waals surface area contributed by atoms with E-state index in [-0.39, 0.29) is 4.92 Å². The summed E-state index contributed by atoms with van der Waals surface area (Å²) >= 11 is 0. The zero-order valence-corrected chi connectivity index (χ0v) is 14.9. The Labute approximate surface area is 129 Å². The first-order chi connectivity index (χ1) is 9.50. The summed E-state index contributed by atoms with van der Waals surface area (Å²) in [6.45, 7) is 15.2. The maximum atomic E-state index is 11.7. The largest absolute Gasteiger partial charge is 0.264 e. The summed E-state index contributed by atoms with van der Waals surface area (Å²) in [6.07, 6.45) is 2.51. The molecule has 0 N–H and O–H groups in total. The first kappa shape index (κ1) is 20.0. The van der Waals surface area contributed by atoms with E-state index in [1.54, 1.807) is 13.8 Å². The Bertz CT molecular complexity index is 391. The third kappa shape index (κ3) is 2.49. The van der Waals surface area contributed by atoms with Gasteiger partial charge in [-0.25, -0.2) is 0 Å². The molecular formula is C16H32N2O3. The SMILES string of the molecule is CCC(CC)(N=O)C(C)(CC)C(C)(CC)C(C)(C)[N+](=O)[O-]. The third-order valence-electron chi connectivity index (χ3n) is 6.81. The van der Waals surface area contributed by atoms with Gasteiger partial charge in [0.15, 0.2) is 0 Å². The summed E-state index contributed by atoms with van der Waals surface area (Å²) < 4.78 is 0. The molecule has 0 aliphatic heterocycles. The van der Waals surface area contributed by atoms with Crippen molar-refractivity contribution in [3.8, 4) is 0 Å². The zero-order valence-electron chi connectivity index (χ0n) is 14.9. The van der Waals surface area contributed by atoms with E-state index in [1.165, 1.54) is 0 Å². The van der Waals surface area contributed by atoms with Gasteiger partial charge in [0.2, 0.25) is 5.54 Å². The second kappa shape index (κ2) is 6.41. The van der Waals surface area contributed by atoms with Crippen LogP contribution in [0.15, 0.2) is 5.18 Å². The summed E-state index contributed by atoms with van der Waals surface area (Å²) in [7, 11) is 0. The third-order valence-corrected chi connectivity index (χ3v) is 6.81. The molecule has 21 heavy (non-hydrogen) atoms. The van der Waals surface area contributed by atoms with Crippen molar-refractivity contribution in [2.24, 2.45) is 16.0 Å². The average molecular weight is 300 g/mol. The number of hydrogen-bond acceptors (Lipinski definition) is 4. The van der Waals surface area contributed by atoms with Crippen LogP contribution in [0.25, 0.3) is 0 Å². The quantitative estimate of drug-likeness (QED) is 0.334. The predicted octanol–water partition coefficient (Wildman–Crippen LogP) is 5.20. The van der Waals surface area contributed by atoms with Crippen molar-refractivity contribution in [1.29, 1.82) is 0 Å². The van der Waals surface area contributed by atoms with Gasteiger partial charge in [0, 0.05) is 29.6 Å². The summed E-state index contributed by atoms with van der Waals surface area (Å²) in [5.74, 6) is 0. The minimum atomic E-state index is -1.13. The van der Waals surface area contributed by atoms with Crippen LogP contribution in [-0.2, 0) is 0 Å². The molecular weight excluding hydrogens is 268 g/mol. The number of nitroso groups, excluding NO2 is 1. The van der Waals surface area contributed by atoms with E-state index in [2.05, 4.69) is 5.18 Å². The number of rotatable bonds is 9. The van der Waals surface area contributed by atoms with Crippen molar-refractivity contribution in [2.75, 3.05) is 0 Å². The lowest BCUT2D eigenvalue weighted by atomic mass is 9.47. The lowest BCUT2D eigenvalue weighted by Gasteiger charge is -2.56. The molecule has 5 nitrogen and oxygen atoms in total. The van der Waals surface area contributed by atoms with Gasteiger partial charge in [0.05, 0.1) is 0 Å². The first-order valence-corrected chi connectivity index (χ1v) is 7.99. The van der Waals surface area contributed by atoms with Gasteiger partial charge in [-0.15, -0.1) is 0 Å². The van der Waals surface area contributed by atoms with E-state index in [0.717, 1.165) is 0 Å². The molecule has 2 atom stereocenters. The lowest BCUT2D eigenvalue weighted by Crippen LogP contribution is -2.63. The van der Waals surface area contributed by atoms with E-state index >= 15 is 0 Å². The zero-order chi connectivity index (χ0) is 17.1. The highest BCUT2D eigenvalue weighted by Crippen LogP contribution is 2.60. The topological polar surface area (TPSA) is 72.6 Å². The molecule has 0 bridgehead atoms. The fourth-order valence-electron chi connectivity index (χ4n) is 4.19. The maximum absolute atomic E-state index is 11.7. The number of nitro groups is 1. The van der Waals surface area contributed by atoms with Crippen molar-refractivity contribution in [3.63, 3.8) is 0 Å². The molecule has 2 unspecified atom stereocenters. The van der Waals surface area contributed by atoms with E-state index in [9.17, 15) is 15.0 Å². The molecule has 0 aromatic rings. The van der Waals surface area contributed by atoms with Gasteiger partial charge < -0.3 is 0 Å². The molecule has 0 radical (unpaired) electrons. The fraction of sp³-hybridized carbons (Fsp3) is 1.00. The van der Waals surface area contributed by atoms with Crippen molar-refractivity contribution in [3.05, 3.63) is 15.0 Å². The Hall–Kier alpha value is -1.00. The van der Waals surface area contributed by atoms with Crippen molar-refractivity contribution >= 4 is 0 Å². The molecule has 0 aliphatic rings. The molecule has 0 saturated carbocycles. The molecule has 0 saturated heterocycles. The van der Waals surface area contributed by atoms with Crippen LogP contribution in [0.1, 0.15) is 81.1 Å². The Morgan fingerprint density at radius 2 is 1.24 bits per heavy atom. The van der Waals surface area contributed by atoms with Gasteiger partial charge in [0.25, 0.3) is 0 Å². The van der Waals surface area contributed by atoms with Crippen LogP contribution in [0.5, 0.6) is 0 Å².